The molecule has 1 saturated heterocycles. The number of halogens is 4. The number of carbonyl (C=O) groups is 1. The van der Waals surface area contributed by atoms with Gasteiger partial charge in [-0.15, -0.1) is 0 Å². The van der Waals surface area contributed by atoms with Gasteiger partial charge in [0.15, 0.2) is 0 Å². The van der Waals surface area contributed by atoms with Gasteiger partial charge in [0.1, 0.15) is 6.04 Å². The molecule has 1 heterocycles. The number of nitrogens with zero attached hydrogens (tertiary/aromatic N) is 1. The highest BCUT2D eigenvalue weighted by Crippen LogP contribution is 2.34. The molecule has 0 aromatic heterocycles. The standard InChI is InChI=1S/C14H16BrF3N2O/c1-9(13(21)20-6-2-3-7-20)19-12-8-10(14(16,17)18)4-5-11(12)15/h4-5,8-9,19H,2-3,6-7H2,1H3. The monoisotopic (exact) mass is 364 g/mol. The summed E-state index contributed by atoms with van der Waals surface area (Å²) in [7, 11) is 0. The molecule has 1 fully saturated rings. The van der Waals surface area contributed by atoms with E-state index in [2.05, 4.69) is 21.2 Å². The topological polar surface area (TPSA) is 32.3 Å². The van der Waals surface area contributed by atoms with Crippen molar-refractivity contribution in [1.82, 2.24) is 4.90 Å². The van der Waals surface area contributed by atoms with E-state index in [0.717, 1.165) is 25.0 Å². The minimum Gasteiger partial charge on any atom is -0.373 e. The SMILES string of the molecule is CC(Nc1cc(C(F)(F)F)ccc1Br)C(=O)N1CCCC1. The minimum atomic E-state index is -4.40. The molecule has 0 radical (unpaired) electrons. The second-order valence-electron chi connectivity index (χ2n) is 5.09. The van der Waals surface area contributed by atoms with Crippen LogP contribution in [0, 0.1) is 0 Å². The molecule has 116 valence electrons. The van der Waals surface area contributed by atoms with Crippen LogP contribution in [0.15, 0.2) is 22.7 Å². The molecule has 1 aromatic rings. The van der Waals surface area contributed by atoms with Crippen molar-refractivity contribution in [2.75, 3.05) is 18.4 Å². The average Bonchev–Trinajstić information content (AvgIpc) is 2.92. The fourth-order valence-electron chi connectivity index (χ4n) is 2.32. The van der Waals surface area contributed by atoms with Crippen LogP contribution in [0.5, 0.6) is 0 Å². The summed E-state index contributed by atoms with van der Waals surface area (Å²) in [5.41, 5.74) is -0.473. The lowest BCUT2D eigenvalue weighted by Gasteiger charge is -2.22. The number of carbonyl (C=O) groups excluding carboxylic acids is 1. The Morgan fingerprint density at radius 3 is 2.52 bits per heavy atom. The van der Waals surface area contributed by atoms with Crippen molar-refractivity contribution in [3.8, 4) is 0 Å². The lowest BCUT2D eigenvalue weighted by molar-refractivity contribution is -0.137. The number of hydrogen-bond donors (Lipinski definition) is 1. The van der Waals surface area contributed by atoms with Gasteiger partial charge in [0.2, 0.25) is 5.91 Å². The van der Waals surface area contributed by atoms with E-state index in [4.69, 9.17) is 0 Å². The number of amides is 1. The van der Waals surface area contributed by atoms with Gasteiger partial charge in [0.25, 0.3) is 0 Å². The van der Waals surface area contributed by atoms with Crippen LogP contribution in [-0.4, -0.2) is 29.9 Å². The maximum Gasteiger partial charge on any atom is 0.416 e. The summed E-state index contributed by atoms with van der Waals surface area (Å²) in [6, 6.07) is 2.78. The Bertz CT molecular complexity index is 527. The third-order valence-electron chi connectivity index (χ3n) is 3.45. The first-order chi connectivity index (χ1) is 9.79. The van der Waals surface area contributed by atoms with Gasteiger partial charge in [0, 0.05) is 23.2 Å². The third-order valence-corrected chi connectivity index (χ3v) is 4.15. The normalized spacial score (nSPS) is 16.9. The molecule has 0 bridgehead atoms. The summed E-state index contributed by atoms with van der Waals surface area (Å²) >= 11 is 3.20. The number of rotatable bonds is 3. The zero-order chi connectivity index (χ0) is 15.6. The molecule has 0 spiro atoms. The first-order valence-corrected chi connectivity index (χ1v) is 7.50. The number of alkyl halides is 3. The molecule has 7 heteroatoms. The third kappa shape index (κ3) is 3.90. The summed E-state index contributed by atoms with van der Waals surface area (Å²) in [5.74, 6) is -0.0863. The highest BCUT2D eigenvalue weighted by molar-refractivity contribution is 9.10. The van der Waals surface area contributed by atoms with Gasteiger partial charge in [-0.3, -0.25) is 4.79 Å². The van der Waals surface area contributed by atoms with Crippen molar-refractivity contribution in [1.29, 1.82) is 0 Å². The summed E-state index contributed by atoms with van der Waals surface area (Å²) in [6.07, 6.45) is -2.45. The molecule has 3 nitrogen and oxygen atoms in total. The van der Waals surface area contributed by atoms with E-state index in [1.54, 1.807) is 11.8 Å². The Morgan fingerprint density at radius 2 is 1.95 bits per heavy atom. The number of benzene rings is 1. The predicted molar refractivity (Wildman–Crippen MR) is 78.0 cm³/mol. The molecular formula is C14H16BrF3N2O. The van der Waals surface area contributed by atoms with Gasteiger partial charge in [-0.25, -0.2) is 0 Å². The maximum absolute atomic E-state index is 12.7. The van der Waals surface area contributed by atoms with Crippen molar-refractivity contribution >= 4 is 27.5 Å². The fraction of sp³-hybridized carbons (Fsp3) is 0.500. The molecule has 0 saturated carbocycles. The van der Waals surface area contributed by atoms with Gasteiger partial charge in [-0.2, -0.15) is 13.2 Å². The molecular weight excluding hydrogens is 349 g/mol. The Hall–Kier alpha value is -1.24. The largest absolute Gasteiger partial charge is 0.416 e. The Labute approximate surface area is 129 Å². The predicted octanol–water partition coefficient (Wildman–Crippen LogP) is 3.89. The van der Waals surface area contributed by atoms with E-state index in [9.17, 15) is 18.0 Å². The summed E-state index contributed by atoms with van der Waals surface area (Å²) in [6.45, 7) is 3.09. The summed E-state index contributed by atoms with van der Waals surface area (Å²) in [4.78, 5) is 13.9. The molecule has 1 aliphatic heterocycles. The molecule has 1 unspecified atom stereocenters. The van der Waals surface area contributed by atoms with Gasteiger partial charge < -0.3 is 10.2 Å². The number of hydrogen-bond acceptors (Lipinski definition) is 2. The van der Waals surface area contributed by atoms with Crippen molar-refractivity contribution < 1.29 is 18.0 Å². The molecule has 21 heavy (non-hydrogen) atoms. The minimum absolute atomic E-state index is 0.0863. The van der Waals surface area contributed by atoms with Gasteiger partial charge in [-0.05, 0) is 53.9 Å². The summed E-state index contributed by atoms with van der Waals surface area (Å²) < 4.78 is 38.7. The quantitative estimate of drug-likeness (QED) is 0.882. The average molecular weight is 365 g/mol. The fourth-order valence-corrected chi connectivity index (χ4v) is 2.68. The Kier molecular flexibility index (Phi) is 4.81. The number of anilines is 1. The van der Waals surface area contributed by atoms with Gasteiger partial charge in [-0.1, -0.05) is 0 Å². The van der Waals surface area contributed by atoms with Crippen LogP contribution in [0.3, 0.4) is 0 Å². The van der Waals surface area contributed by atoms with Crippen molar-refractivity contribution in [3.63, 3.8) is 0 Å². The van der Waals surface area contributed by atoms with E-state index in [1.807, 2.05) is 0 Å². The first kappa shape index (κ1) is 16.1. The molecule has 1 aromatic carbocycles. The lowest BCUT2D eigenvalue weighted by Crippen LogP contribution is -2.39. The second-order valence-corrected chi connectivity index (χ2v) is 5.95. The van der Waals surface area contributed by atoms with Gasteiger partial charge in [0.05, 0.1) is 5.56 Å². The molecule has 1 atom stereocenters. The van der Waals surface area contributed by atoms with E-state index < -0.39 is 17.8 Å². The van der Waals surface area contributed by atoms with Crippen molar-refractivity contribution in [3.05, 3.63) is 28.2 Å². The molecule has 0 aliphatic carbocycles. The van der Waals surface area contributed by atoms with E-state index in [-0.39, 0.29) is 11.6 Å². The van der Waals surface area contributed by atoms with E-state index in [0.29, 0.717) is 17.6 Å². The maximum atomic E-state index is 12.7. The molecule has 2 rings (SSSR count). The van der Waals surface area contributed by atoms with E-state index >= 15 is 0 Å². The zero-order valence-corrected chi connectivity index (χ0v) is 13.1. The van der Waals surface area contributed by atoms with E-state index in [1.165, 1.54) is 6.07 Å². The number of likely N-dealkylation sites (tertiary alicyclic amines) is 1. The first-order valence-electron chi connectivity index (χ1n) is 6.71. The van der Waals surface area contributed by atoms with Crippen LogP contribution in [0.4, 0.5) is 18.9 Å². The Balaban J connectivity index is 2.12. The van der Waals surface area contributed by atoms with Crippen molar-refractivity contribution in [2.45, 2.75) is 32.0 Å². The molecule has 1 amide bonds. The van der Waals surface area contributed by atoms with Crippen molar-refractivity contribution in [2.24, 2.45) is 0 Å². The second kappa shape index (κ2) is 6.25. The van der Waals surface area contributed by atoms with Crippen LogP contribution in [-0.2, 0) is 11.0 Å². The number of nitrogens with one attached hydrogen (secondary N) is 1. The van der Waals surface area contributed by atoms with Crippen LogP contribution in [0.2, 0.25) is 0 Å². The smallest absolute Gasteiger partial charge is 0.373 e. The van der Waals surface area contributed by atoms with Gasteiger partial charge >= 0.3 is 6.18 Å². The lowest BCUT2D eigenvalue weighted by atomic mass is 10.1. The summed E-state index contributed by atoms with van der Waals surface area (Å²) in [5, 5.41) is 2.86. The zero-order valence-electron chi connectivity index (χ0n) is 11.5. The Morgan fingerprint density at radius 1 is 1.33 bits per heavy atom. The van der Waals surface area contributed by atoms with Crippen LogP contribution in [0.25, 0.3) is 0 Å². The molecule has 1 aliphatic rings. The highest BCUT2D eigenvalue weighted by Gasteiger charge is 2.31. The highest BCUT2D eigenvalue weighted by atomic mass is 79.9. The van der Waals surface area contributed by atoms with Crippen LogP contribution < -0.4 is 5.32 Å². The van der Waals surface area contributed by atoms with Crippen LogP contribution >= 0.6 is 15.9 Å². The van der Waals surface area contributed by atoms with Crippen LogP contribution in [0.1, 0.15) is 25.3 Å². The molecule has 1 N–H and O–H groups in total.